The van der Waals surface area contributed by atoms with Gasteiger partial charge in [-0.15, -0.1) is 0 Å². The molecule has 2 rings (SSSR count). The fraction of sp³-hybridized carbons (Fsp3) is 0.278. The number of carbonyl (C=O) groups excluding carboxylic acids is 1. The van der Waals surface area contributed by atoms with Crippen LogP contribution in [-0.4, -0.2) is 44.8 Å². The Kier molecular flexibility index (Phi) is 7.32. The van der Waals surface area contributed by atoms with Gasteiger partial charge in [0.15, 0.2) is 0 Å². The summed E-state index contributed by atoms with van der Waals surface area (Å²) in [6, 6.07) is 13.8. The summed E-state index contributed by atoms with van der Waals surface area (Å²) < 4.78 is 39.9. The van der Waals surface area contributed by atoms with Gasteiger partial charge in [0.25, 0.3) is 0 Å². The van der Waals surface area contributed by atoms with Gasteiger partial charge in [-0.2, -0.15) is 0 Å². The van der Waals surface area contributed by atoms with Gasteiger partial charge in [0.2, 0.25) is 10.0 Å². The van der Waals surface area contributed by atoms with Crippen LogP contribution in [-0.2, 0) is 14.8 Å². The third kappa shape index (κ3) is 6.65. The molecule has 2 aromatic carbocycles. The van der Waals surface area contributed by atoms with Gasteiger partial charge in [0, 0.05) is 5.02 Å². The van der Waals surface area contributed by atoms with Crippen molar-refractivity contribution in [3.8, 4) is 17.2 Å². The Morgan fingerprint density at radius 1 is 1.07 bits per heavy atom. The maximum Gasteiger partial charge on any atom is 0.423 e. The van der Waals surface area contributed by atoms with E-state index in [9.17, 15) is 13.2 Å². The van der Waals surface area contributed by atoms with Crippen LogP contribution in [0.1, 0.15) is 6.92 Å². The lowest BCUT2D eigenvalue weighted by atomic mass is 10.3. The van der Waals surface area contributed by atoms with Crippen LogP contribution in [0.5, 0.6) is 17.2 Å². The lowest BCUT2D eigenvalue weighted by molar-refractivity contribution is 0.126. The molecule has 0 aliphatic heterocycles. The summed E-state index contributed by atoms with van der Waals surface area (Å²) in [7, 11) is -3.74. The molecule has 1 amide bonds. The van der Waals surface area contributed by atoms with Crippen LogP contribution in [0.25, 0.3) is 0 Å². The average Bonchev–Trinajstić information content (AvgIpc) is 2.59. The number of rotatable bonds is 8. The lowest BCUT2D eigenvalue weighted by Crippen LogP contribution is -2.39. The van der Waals surface area contributed by atoms with Gasteiger partial charge in [-0.3, -0.25) is 0 Å². The predicted molar refractivity (Wildman–Crippen MR) is 102 cm³/mol. The molecule has 0 aliphatic carbocycles. The molecule has 0 spiro atoms. The Bertz CT molecular complexity index is 870. The minimum absolute atomic E-state index is 0.0135. The fourth-order valence-electron chi connectivity index (χ4n) is 2.10. The normalized spacial score (nSPS) is 10.9. The molecule has 7 nitrogen and oxygen atoms in total. The van der Waals surface area contributed by atoms with Crippen molar-refractivity contribution in [2.75, 3.05) is 26.0 Å². The standard InChI is InChI=1S/C18H20ClNO6S/c1-3-24-18(21)20(27(2,22)23)11-12-25-15-7-9-16(10-8-15)26-17-6-4-5-14(19)13-17/h4-10,13H,3,11-12H2,1-2H3. The number of halogens is 1. The van der Waals surface area contributed by atoms with Gasteiger partial charge in [-0.1, -0.05) is 17.7 Å². The summed E-state index contributed by atoms with van der Waals surface area (Å²) in [5.74, 6) is 1.70. The highest BCUT2D eigenvalue weighted by atomic mass is 35.5. The number of sulfonamides is 1. The number of carbonyl (C=O) groups is 1. The van der Waals surface area contributed by atoms with Gasteiger partial charge in [0.1, 0.15) is 23.9 Å². The third-order valence-electron chi connectivity index (χ3n) is 3.29. The van der Waals surface area contributed by atoms with E-state index in [4.69, 9.17) is 25.8 Å². The zero-order valence-electron chi connectivity index (χ0n) is 14.9. The zero-order chi connectivity index (χ0) is 19.9. The van der Waals surface area contributed by atoms with Crippen molar-refractivity contribution < 1.29 is 27.4 Å². The smallest absolute Gasteiger partial charge is 0.423 e. The number of ether oxygens (including phenoxy) is 3. The molecule has 146 valence electrons. The average molecular weight is 414 g/mol. The van der Waals surface area contributed by atoms with Crippen molar-refractivity contribution in [3.05, 3.63) is 53.6 Å². The van der Waals surface area contributed by atoms with Gasteiger partial charge < -0.3 is 14.2 Å². The second-order valence-corrected chi connectivity index (χ2v) is 7.76. The van der Waals surface area contributed by atoms with E-state index in [2.05, 4.69) is 0 Å². The SMILES string of the molecule is CCOC(=O)N(CCOc1ccc(Oc2cccc(Cl)c2)cc1)S(C)(=O)=O. The Hall–Kier alpha value is -2.45. The van der Waals surface area contributed by atoms with Crippen LogP contribution < -0.4 is 9.47 Å². The number of amides is 1. The Morgan fingerprint density at radius 2 is 1.74 bits per heavy atom. The molecule has 0 saturated heterocycles. The quantitative estimate of drug-likeness (QED) is 0.652. The summed E-state index contributed by atoms with van der Waals surface area (Å²) in [5.41, 5.74) is 0. The zero-order valence-corrected chi connectivity index (χ0v) is 16.5. The minimum atomic E-state index is -3.74. The summed E-state index contributed by atoms with van der Waals surface area (Å²) in [4.78, 5) is 11.7. The number of hydrogen-bond donors (Lipinski definition) is 0. The number of hydrogen-bond acceptors (Lipinski definition) is 6. The largest absolute Gasteiger partial charge is 0.492 e. The fourth-order valence-corrected chi connectivity index (χ4v) is 3.01. The van der Waals surface area contributed by atoms with Crippen molar-refractivity contribution in [3.63, 3.8) is 0 Å². The van der Waals surface area contributed by atoms with E-state index in [1.54, 1.807) is 55.5 Å². The van der Waals surface area contributed by atoms with Gasteiger partial charge in [-0.25, -0.2) is 17.5 Å². The number of nitrogens with zero attached hydrogens (tertiary/aromatic N) is 1. The first-order chi connectivity index (χ1) is 12.8. The Labute approximate surface area is 163 Å². The first-order valence-electron chi connectivity index (χ1n) is 8.10. The highest BCUT2D eigenvalue weighted by Crippen LogP contribution is 2.25. The van der Waals surface area contributed by atoms with Crippen molar-refractivity contribution in [1.29, 1.82) is 0 Å². The van der Waals surface area contributed by atoms with E-state index in [1.165, 1.54) is 0 Å². The monoisotopic (exact) mass is 413 g/mol. The van der Waals surface area contributed by atoms with E-state index in [0.29, 0.717) is 26.6 Å². The van der Waals surface area contributed by atoms with E-state index in [-0.39, 0.29) is 19.8 Å². The molecule has 0 unspecified atom stereocenters. The summed E-state index contributed by atoms with van der Waals surface area (Å²) >= 11 is 5.91. The molecule has 0 N–H and O–H groups in total. The van der Waals surface area contributed by atoms with Crippen LogP contribution >= 0.6 is 11.6 Å². The molecule has 9 heteroatoms. The molecule has 0 heterocycles. The maximum absolute atomic E-state index is 11.7. The van der Waals surface area contributed by atoms with Crippen molar-refractivity contribution in [1.82, 2.24) is 4.31 Å². The van der Waals surface area contributed by atoms with Crippen molar-refractivity contribution >= 4 is 27.7 Å². The highest BCUT2D eigenvalue weighted by Gasteiger charge is 2.24. The third-order valence-corrected chi connectivity index (χ3v) is 4.66. The molecule has 0 atom stereocenters. The van der Waals surface area contributed by atoms with Crippen molar-refractivity contribution in [2.24, 2.45) is 0 Å². The molecular formula is C18H20ClNO6S. The Balaban J connectivity index is 1.91. The van der Waals surface area contributed by atoms with Crippen LogP contribution in [0.15, 0.2) is 48.5 Å². The van der Waals surface area contributed by atoms with Crippen LogP contribution in [0, 0.1) is 0 Å². The lowest BCUT2D eigenvalue weighted by Gasteiger charge is -2.19. The van der Waals surface area contributed by atoms with E-state index >= 15 is 0 Å². The topological polar surface area (TPSA) is 82.1 Å². The maximum atomic E-state index is 11.7. The molecular weight excluding hydrogens is 394 g/mol. The van der Waals surface area contributed by atoms with E-state index < -0.39 is 16.1 Å². The molecule has 0 bridgehead atoms. The summed E-state index contributed by atoms with van der Waals surface area (Å²) in [6.07, 6.45) is 0.0141. The first kappa shape index (κ1) is 20.9. The first-order valence-corrected chi connectivity index (χ1v) is 10.3. The van der Waals surface area contributed by atoms with E-state index in [0.717, 1.165) is 6.26 Å². The second kappa shape index (κ2) is 9.48. The summed E-state index contributed by atoms with van der Waals surface area (Å²) in [5, 5.41) is 0.574. The number of benzene rings is 2. The summed E-state index contributed by atoms with van der Waals surface area (Å²) in [6.45, 7) is 1.51. The molecule has 0 radical (unpaired) electrons. The Morgan fingerprint density at radius 3 is 2.33 bits per heavy atom. The molecule has 0 aromatic heterocycles. The molecule has 27 heavy (non-hydrogen) atoms. The van der Waals surface area contributed by atoms with E-state index in [1.807, 2.05) is 0 Å². The van der Waals surface area contributed by atoms with Crippen LogP contribution in [0.3, 0.4) is 0 Å². The second-order valence-electron chi connectivity index (χ2n) is 5.41. The predicted octanol–water partition coefficient (Wildman–Crippen LogP) is 3.93. The molecule has 0 saturated carbocycles. The van der Waals surface area contributed by atoms with Gasteiger partial charge in [-0.05, 0) is 49.4 Å². The van der Waals surface area contributed by atoms with Crippen LogP contribution in [0.4, 0.5) is 4.79 Å². The molecule has 2 aromatic rings. The van der Waals surface area contributed by atoms with Crippen LogP contribution in [0.2, 0.25) is 5.02 Å². The molecule has 0 aliphatic rings. The molecule has 0 fully saturated rings. The van der Waals surface area contributed by atoms with Gasteiger partial charge in [0.05, 0.1) is 19.4 Å². The van der Waals surface area contributed by atoms with Gasteiger partial charge >= 0.3 is 6.09 Å². The van der Waals surface area contributed by atoms with Crippen molar-refractivity contribution in [2.45, 2.75) is 6.92 Å². The highest BCUT2D eigenvalue weighted by molar-refractivity contribution is 7.88. The minimum Gasteiger partial charge on any atom is -0.492 e.